The van der Waals surface area contributed by atoms with E-state index in [2.05, 4.69) is 5.32 Å². The van der Waals surface area contributed by atoms with Crippen molar-refractivity contribution in [2.75, 3.05) is 19.6 Å². The van der Waals surface area contributed by atoms with E-state index in [9.17, 15) is 9.90 Å². The van der Waals surface area contributed by atoms with Gasteiger partial charge >= 0.3 is 5.97 Å². The molecule has 0 aromatic carbocycles. The van der Waals surface area contributed by atoms with Gasteiger partial charge in [0.2, 0.25) is 0 Å². The highest BCUT2D eigenvalue weighted by atomic mass is 16.4. The van der Waals surface area contributed by atoms with Gasteiger partial charge in [0, 0.05) is 6.54 Å². The maximum Gasteiger partial charge on any atom is 0.320 e. The van der Waals surface area contributed by atoms with Crippen molar-refractivity contribution < 1.29 is 15.0 Å². The Hall–Kier alpha value is -0.690. The molecule has 0 fully saturated rings. The van der Waals surface area contributed by atoms with Gasteiger partial charge in [0.15, 0.2) is 0 Å². The SMILES string of the molecule is NCC[C@@H](O)CNCCCC[C@@H](N)C(=O)O. The first-order valence-electron chi connectivity index (χ1n) is 5.65. The second-order valence-corrected chi connectivity index (χ2v) is 3.88. The van der Waals surface area contributed by atoms with E-state index in [0.29, 0.717) is 25.9 Å². The van der Waals surface area contributed by atoms with Gasteiger partial charge in [-0.25, -0.2) is 0 Å². The van der Waals surface area contributed by atoms with E-state index < -0.39 is 18.1 Å². The summed E-state index contributed by atoms with van der Waals surface area (Å²) in [5.41, 5.74) is 10.6. The van der Waals surface area contributed by atoms with E-state index in [1.54, 1.807) is 0 Å². The fraction of sp³-hybridized carbons (Fsp3) is 0.900. The zero-order chi connectivity index (χ0) is 12.4. The van der Waals surface area contributed by atoms with Crippen LogP contribution in [0.25, 0.3) is 0 Å². The Balaban J connectivity index is 3.24. The highest BCUT2D eigenvalue weighted by Gasteiger charge is 2.09. The fourth-order valence-electron chi connectivity index (χ4n) is 1.30. The van der Waals surface area contributed by atoms with Gasteiger partial charge in [0.25, 0.3) is 0 Å². The van der Waals surface area contributed by atoms with Crippen molar-refractivity contribution in [3.8, 4) is 0 Å². The first kappa shape index (κ1) is 15.3. The molecule has 0 unspecified atom stereocenters. The predicted octanol–water partition coefficient (Wildman–Crippen LogP) is -1.13. The Bertz CT molecular complexity index is 190. The Labute approximate surface area is 96.0 Å². The summed E-state index contributed by atoms with van der Waals surface area (Å²) in [7, 11) is 0. The highest BCUT2D eigenvalue weighted by Crippen LogP contribution is 1.98. The molecule has 0 amide bonds. The van der Waals surface area contributed by atoms with Crippen LogP contribution in [0.5, 0.6) is 0 Å². The maximum absolute atomic E-state index is 10.4. The third kappa shape index (κ3) is 8.60. The van der Waals surface area contributed by atoms with Gasteiger partial charge in [0.05, 0.1) is 6.10 Å². The lowest BCUT2D eigenvalue weighted by molar-refractivity contribution is -0.138. The Kier molecular flexibility index (Phi) is 9.12. The third-order valence-electron chi connectivity index (χ3n) is 2.32. The van der Waals surface area contributed by atoms with Gasteiger partial charge in [-0.2, -0.15) is 0 Å². The van der Waals surface area contributed by atoms with Crippen molar-refractivity contribution in [1.82, 2.24) is 5.32 Å². The molecule has 0 bridgehead atoms. The Morgan fingerprint density at radius 2 is 2.00 bits per heavy atom. The number of aliphatic carboxylic acids is 1. The Morgan fingerprint density at radius 3 is 2.56 bits per heavy atom. The van der Waals surface area contributed by atoms with E-state index in [0.717, 1.165) is 19.4 Å². The lowest BCUT2D eigenvalue weighted by Gasteiger charge is -2.10. The van der Waals surface area contributed by atoms with E-state index in [1.165, 1.54) is 0 Å². The second kappa shape index (κ2) is 9.53. The number of rotatable bonds is 10. The van der Waals surface area contributed by atoms with Gasteiger partial charge in [-0.15, -0.1) is 0 Å². The van der Waals surface area contributed by atoms with Crippen LogP contribution in [0.1, 0.15) is 25.7 Å². The summed E-state index contributed by atoms with van der Waals surface area (Å²) in [5.74, 6) is -0.952. The lowest BCUT2D eigenvalue weighted by Crippen LogP contribution is -2.31. The predicted molar refractivity (Wildman–Crippen MR) is 62.0 cm³/mol. The number of carboxylic acids is 1. The normalized spacial score (nSPS) is 14.7. The molecule has 0 heterocycles. The van der Waals surface area contributed by atoms with Gasteiger partial charge in [-0.3, -0.25) is 4.79 Å². The number of aliphatic hydroxyl groups is 1. The minimum absolute atomic E-state index is 0.397. The number of carboxylic acid groups (broad SMARTS) is 1. The number of unbranched alkanes of at least 4 members (excludes halogenated alkanes) is 1. The van der Waals surface area contributed by atoms with Crippen molar-refractivity contribution in [3.05, 3.63) is 0 Å². The minimum atomic E-state index is -0.952. The zero-order valence-corrected chi connectivity index (χ0v) is 9.56. The van der Waals surface area contributed by atoms with Gasteiger partial charge < -0.3 is 27.0 Å². The van der Waals surface area contributed by atoms with Crippen molar-refractivity contribution in [2.45, 2.75) is 37.8 Å². The van der Waals surface area contributed by atoms with E-state index in [-0.39, 0.29) is 0 Å². The largest absolute Gasteiger partial charge is 0.480 e. The first-order chi connectivity index (χ1) is 7.57. The quantitative estimate of drug-likeness (QED) is 0.304. The molecule has 96 valence electrons. The molecule has 0 aromatic heterocycles. The molecule has 2 atom stereocenters. The van der Waals surface area contributed by atoms with Crippen molar-refractivity contribution in [3.63, 3.8) is 0 Å². The topological polar surface area (TPSA) is 122 Å². The standard InChI is InChI=1S/C10H23N3O3/c11-5-4-8(14)7-13-6-2-1-3-9(12)10(15)16/h8-9,13-14H,1-7,11-12H2,(H,15,16)/t8-,9-/m1/s1. The van der Waals surface area contributed by atoms with Gasteiger partial charge in [-0.05, 0) is 32.4 Å². The van der Waals surface area contributed by atoms with E-state index in [1.807, 2.05) is 0 Å². The van der Waals surface area contributed by atoms with Crippen LogP contribution >= 0.6 is 0 Å². The van der Waals surface area contributed by atoms with Gasteiger partial charge in [-0.1, -0.05) is 6.42 Å². The van der Waals surface area contributed by atoms with Crippen LogP contribution in [0.4, 0.5) is 0 Å². The molecule has 7 N–H and O–H groups in total. The van der Waals surface area contributed by atoms with Crippen molar-refractivity contribution in [1.29, 1.82) is 0 Å². The molecule has 0 radical (unpaired) electrons. The van der Waals surface area contributed by atoms with Crippen molar-refractivity contribution >= 4 is 5.97 Å². The number of hydrogen-bond acceptors (Lipinski definition) is 5. The van der Waals surface area contributed by atoms with Crippen LogP contribution in [0.15, 0.2) is 0 Å². The van der Waals surface area contributed by atoms with E-state index >= 15 is 0 Å². The Morgan fingerprint density at radius 1 is 1.31 bits per heavy atom. The molecule has 6 nitrogen and oxygen atoms in total. The number of carbonyl (C=O) groups is 1. The van der Waals surface area contributed by atoms with Gasteiger partial charge in [0.1, 0.15) is 6.04 Å². The molecule has 0 aliphatic carbocycles. The number of hydrogen-bond donors (Lipinski definition) is 5. The summed E-state index contributed by atoms with van der Waals surface area (Å²) in [6.07, 6.45) is 2.31. The number of nitrogens with two attached hydrogens (primary N) is 2. The average molecular weight is 233 g/mol. The molecule has 0 aromatic rings. The molecule has 0 aliphatic heterocycles. The summed E-state index contributed by atoms with van der Waals surface area (Å²) in [6.45, 7) is 1.77. The first-order valence-corrected chi connectivity index (χ1v) is 5.65. The lowest BCUT2D eigenvalue weighted by atomic mass is 10.1. The summed E-state index contributed by atoms with van der Waals surface area (Å²) in [4.78, 5) is 10.4. The zero-order valence-electron chi connectivity index (χ0n) is 9.56. The molecule has 0 saturated heterocycles. The summed E-state index contributed by atoms with van der Waals surface area (Å²) in [6, 6.07) is -0.761. The van der Waals surface area contributed by atoms with E-state index in [4.69, 9.17) is 16.6 Å². The molecular weight excluding hydrogens is 210 g/mol. The second-order valence-electron chi connectivity index (χ2n) is 3.88. The van der Waals surface area contributed by atoms with Crippen LogP contribution in [0, 0.1) is 0 Å². The molecule has 16 heavy (non-hydrogen) atoms. The number of aliphatic hydroxyl groups excluding tert-OH is 1. The third-order valence-corrected chi connectivity index (χ3v) is 2.32. The average Bonchev–Trinajstić information content (AvgIpc) is 2.23. The molecule has 0 spiro atoms. The summed E-state index contributed by atoms with van der Waals surface area (Å²) in [5, 5.41) is 20.9. The maximum atomic E-state index is 10.4. The fourth-order valence-corrected chi connectivity index (χ4v) is 1.30. The number of nitrogens with one attached hydrogen (secondary N) is 1. The van der Waals surface area contributed by atoms with Crippen LogP contribution < -0.4 is 16.8 Å². The van der Waals surface area contributed by atoms with Crippen LogP contribution in [0.2, 0.25) is 0 Å². The molecule has 0 aliphatic rings. The molecular formula is C10H23N3O3. The van der Waals surface area contributed by atoms with Crippen LogP contribution in [0.3, 0.4) is 0 Å². The van der Waals surface area contributed by atoms with Crippen LogP contribution in [-0.4, -0.2) is 48.0 Å². The molecule has 6 heteroatoms. The summed E-state index contributed by atoms with van der Waals surface area (Å²) >= 11 is 0. The monoisotopic (exact) mass is 233 g/mol. The van der Waals surface area contributed by atoms with Crippen molar-refractivity contribution in [2.24, 2.45) is 11.5 Å². The van der Waals surface area contributed by atoms with Crippen LogP contribution in [-0.2, 0) is 4.79 Å². The minimum Gasteiger partial charge on any atom is -0.480 e. The molecule has 0 saturated carbocycles. The summed E-state index contributed by atoms with van der Waals surface area (Å²) < 4.78 is 0. The molecule has 0 rings (SSSR count). The highest BCUT2D eigenvalue weighted by molar-refractivity contribution is 5.72. The smallest absolute Gasteiger partial charge is 0.320 e.